The van der Waals surface area contributed by atoms with Crippen molar-refractivity contribution in [1.29, 1.82) is 0 Å². The molecule has 0 unspecified atom stereocenters. The Hall–Kier alpha value is -2.74. The van der Waals surface area contributed by atoms with Crippen LogP contribution in [0.1, 0.15) is 49.9 Å². The number of benzene rings is 3. The SMILES string of the molecule is CC1(C)c2ccccc2C(C)(C)c2cc3c(cc21)Nc1ccccc1O3. The van der Waals surface area contributed by atoms with E-state index in [4.69, 9.17) is 4.74 Å². The summed E-state index contributed by atoms with van der Waals surface area (Å²) in [6.45, 7) is 9.28. The molecule has 3 aromatic rings. The van der Waals surface area contributed by atoms with Crippen molar-refractivity contribution in [3.05, 3.63) is 82.9 Å². The fourth-order valence-corrected chi connectivity index (χ4v) is 4.58. The van der Waals surface area contributed by atoms with Crippen LogP contribution in [0, 0.1) is 0 Å². The van der Waals surface area contributed by atoms with Crippen LogP contribution >= 0.6 is 0 Å². The molecule has 0 amide bonds. The van der Waals surface area contributed by atoms with Gasteiger partial charge in [0.2, 0.25) is 0 Å². The molecule has 0 radical (unpaired) electrons. The van der Waals surface area contributed by atoms with Crippen molar-refractivity contribution in [3.8, 4) is 11.5 Å². The van der Waals surface area contributed by atoms with E-state index in [9.17, 15) is 0 Å². The summed E-state index contributed by atoms with van der Waals surface area (Å²) in [5.41, 5.74) is 7.50. The van der Waals surface area contributed by atoms with E-state index in [0.29, 0.717) is 0 Å². The van der Waals surface area contributed by atoms with Crippen LogP contribution in [0.15, 0.2) is 60.7 Å². The van der Waals surface area contributed by atoms with E-state index in [1.54, 1.807) is 0 Å². The molecule has 5 rings (SSSR count). The lowest BCUT2D eigenvalue weighted by Gasteiger charge is -2.44. The average molecular weight is 341 g/mol. The van der Waals surface area contributed by atoms with Gasteiger partial charge in [0.05, 0.1) is 11.4 Å². The van der Waals surface area contributed by atoms with Gasteiger partial charge in [0.15, 0.2) is 11.5 Å². The van der Waals surface area contributed by atoms with Gasteiger partial charge in [-0.1, -0.05) is 64.1 Å². The summed E-state index contributed by atoms with van der Waals surface area (Å²) >= 11 is 0. The van der Waals surface area contributed by atoms with E-state index in [-0.39, 0.29) is 10.8 Å². The Morgan fingerprint density at radius 2 is 1.19 bits per heavy atom. The molecule has 2 nitrogen and oxygen atoms in total. The van der Waals surface area contributed by atoms with E-state index in [1.807, 2.05) is 18.2 Å². The maximum Gasteiger partial charge on any atom is 0.151 e. The maximum atomic E-state index is 6.23. The number of hydrogen-bond donors (Lipinski definition) is 1. The standard InChI is InChI=1S/C24H23NO/c1-23(2)15-9-5-6-10-16(15)24(3,4)18-14-22-20(13-17(18)23)25-19-11-7-8-12-21(19)26-22/h5-14,25H,1-4H3. The minimum Gasteiger partial charge on any atom is -0.453 e. The number of anilines is 2. The van der Waals surface area contributed by atoms with Gasteiger partial charge in [0.1, 0.15) is 0 Å². The Balaban J connectivity index is 1.75. The highest BCUT2D eigenvalue weighted by molar-refractivity contribution is 5.78. The topological polar surface area (TPSA) is 21.3 Å². The molecule has 0 aromatic heterocycles. The van der Waals surface area contributed by atoms with Crippen LogP contribution in [0.5, 0.6) is 11.5 Å². The van der Waals surface area contributed by atoms with Crippen molar-refractivity contribution in [2.45, 2.75) is 38.5 Å². The van der Waals surface area contributed by atoms with Gasteiger partial charge in [0.25, 0.3) is 0 Å². The molecule has 0 fully saturated rings. The van der Waals surface area contributed by atoms with E-state index < -0.39 is 0 Å². The summed E-state index contributed by atoms with van der Waals surface area (Å²) in [7, 11) is 0. The van der Waals surface area contributed by atoms with E-state index in [2.05, 4.69) is 75.5 Å². The molecule has 2 heteroatoms. The molecular weight excluding hydrogens is 318 g/mol. The molecule has 3 aromatic carbocycles. The zero-order valence-electron chi connectivity index (χ0n) is 15.7. The van der Waals surface area contributed by atoms with Gasteiger partial charge in [-0.3, -0.25) is 0 Å². The summed E-state index contributed by atoms with van der Waals surface area (Å²) < 4.78 is 6.23. The third-order valence-electron chi connectivity index (χ3n) is 6.12. The number of rotatable bonds is 0. The minimum atomic E-state index is -0.0587. The number of nitrogens with one attached hydrogen (secondary N) is 1. The van der Waals surface area contributed by atoms with Crippen LogP contribution in [0.3, 0.4) is 0 Å². The van der Waals surface area contributed by atoms with Crippen molar-refractivity contribution in [1.82, 2.24) is 0 Å². The van der Waals surface area contributed by atoms with E-state index in [1.165, 1.54) is 22.3 Å². The summed E-state index contributed by atoms with van der Waals surface area (Å²) in [5.74, 6) is 1.79. The first-order valence-electron chi connectivity index (χ1n) is 9.22. The second-order valence-corrected chi connectivity index (χ2v) is 8.41. The summed E-state index contributed by atoms with van der Waals surface area (Å²) in [4.78, 5) is 0. The van der Waals surface area contributed by atoms with Crippen molar-refractivity contribution in [2.24, 2.45) is 0 Å². The normalized spacial score (nSPS) is 17.7. The predicted molar refractivity (Wildman–Crippen MR) is 107 cm³/mol. The van der Waals surface area contributed by atoms with Crippen LogP contribution in [0.25, 0.3) is 0 Å². The Bertz CT molecular complexity index is 963. The monoisotopic (exact) mass is 341 g/mol. The van der Waals surface area contributed by atoms with Gasteiger partial charge in [0, 0.05) is 10.8 Å². The fraction of sp³-hybridized carbons (Fsp3) is 0.250. The fourth-order valence-electron chi connectivity index (χ4n) is 4.58. The zero-order valence-corrected chi connectivity index (χ0v) is 15.7. The average Bonchev–Trinajstić information content (AvgIpc) is 2.64. The molecule has 1 aliphatic heterocycles. The first kappa shape index (κ1) is 15.5. The van der Waals surface area contributed by atoms with Crippen LogP contribution in [0.2, 0.25) is 0 Å². The molecule has 2 aliphatic rings. The zero-order chi connectivity index (χ0) is 18.1. The Morgan fingerprint density at radius 3 is 1.88 bits per heavy atom. The third kappa shape index (κ3) is 1.93. The highest BCUT2D eigenvalue weighted by Crippen LogP contribution is 2.53. The molecule has 130 valence electrons. The molecule has 26 heavy (non-hydrogen) atoms. The summed E-state index contributed by atoms with van der Waals surface area (Å²) in [6, 6.07) is 21.5. The Labute approximate surface area is 154 Å². The first-order chi connectivity index (χ1) is 12.4. The first-order valence-corrected chi connectivity index (χ1v) is 9.22. The minimum absolute atomic E-state index is 0.0465. The molecular formula is C24H23NO. The largest absolute Gasteiger partial charge is 0.453 e. The number of fused-ring (bicyclic) bond motifs is 4. The molecule has 1 heterocycles. The Morgan fingerprint density at radius 1 is 0.615 bits per heavy atom. The van der Waals surface area contributed by atoms with Gasteiger partial charge in [-0.15, -0.1) is 0 Å². The molecule has 1 N–H and O–H groups in total. The highest BCUT2D eigenvalue weighted by Gasteiger charge is 2.42. The van der Waals surface area contributed by atoms with Crippen molar-refractivity contribution in [3.63, 3.8) is 0 Å². The van der Waals surface area contributed by atoms with Gasteiger partial charge in [-0.25, -0.2) is 0 Å². The summed E-state index contributed by atoms with van der Waals surface area (Å²) in [5, 5.41) is 3.55. The third-order valence-corrected chi connectivity index (χ3v) is 6.12. The molecule has 0 saturated carbocycles. The van der Waals surface area contributed by atoms with Gasteiger partial charge >= 0.3 is 0 Å². The van der Waals surface area contributed by atoms with E-state index >= 15 is 0 Å². The quantitative estimate of drug-likeness (QED) is 0.394. The molecule has 0 saturated heterocycles. The van der Waals surface area contributed by atoms with Crippen molar-refractivity contribution in [2.75, 3.05) is 5.32 Å². The van der Waals surface area contributed by atoms with Gasteiger partial charge < -0.3 is 10.1 Å². The van der Waals surface area contributed by atoms with Crippen LogP contribution in [0.4, 0.5) is 11.4 Å². The molecule has 0 spiro atoms. The Kier molecular flexibility index (Phi) is 2.93. The molecule has 1 aliphatic carbocycles. The molecule has 0 bridgehead atoms. The predicted octanol–water partition coefficient (Wildman–Crippen LogP) is 6.50. The smallest absolute Gasteiger partial charge is 0.151 e. The maximum absolute atomic E-state index is 6.23. The van der Waals surface area contributed by atoms with Gasteiger partial charge in [-0.05, 0) is 46.5 Å². The number of ether oxygens (including phenoxy) is 1. The lowest BCUT2D eigenvalue weighted by Crippen LogP contribution is -2.36. The molecule has 0 atom stereocenters. The van der Waals surface area contributed by atoms with Gasteiger partial charge in [-0.2, -0.15) is 0 Å². The second kappa shape index (κ2) is 4.91. The highest BCUT2D eigenvalue weighted by atomic mass is 16.5. The van der Waals surface area contributed by atoms with E-state index in [0.717, 1.165) is 22.9 Å². The number of hydrogen-bond acceptors (Lipinski definition) is 2. The second-order valence-electron chi connectivity index (χ2n) is 8.41. The van der Waals surface area contributed by atoms with Crippen LogP contribution < -0.4 is 10.1 Å². The van der Waals surface area contributed by atoms with Crippen molar-refractivity contribution >= 4 is 11.4 Å². The lowest BCUT2D eigenvalue weighted by molar-refractivity contribution is 0.471. The summed E-state index contributed by atoms with van der Waals surface area (Å²) in [6.07, 6.45) is 0. The van der Waals surface area contributed by atoms with Crippen LogP contribution in [-0.2, 0) is 10.8 Å². The lowest BCUT2D eigenvalue weighted by atomic mass is 9.60. The number of para-hydroxylation sites is 2. The van der Waals surface area contributed by atoms with Crippen molar-refractivity contribution < 1.29 is 4.74 Å². The van der Waals surface area contributed by atoms with Crippen LogP contribution in [-0.4, -0.2) is 0 Å².